The molecule has 1 saturated carbocycles. The van der Waals surface area contributed by atoms with E-state index in [-0.39, 0.29) is 5.91 Å². The maximum atomic E-state index is 12.1. The summed E-state index contributed by atoms with van der Waals surface area (Å²) < 4.78 is 6.67. The fourth-order valence-electron chi connectivity index (χ4n) is 2.51. The molecule has 2 rings (SSSR count). The van der Waals surface area contributed by atoms with Crippen LogP contribution in [-0.2, 0) is 4.79 Å². The molecule has 1 aromatic rings. The van der Waals surface area contributed by atoms with Crippen LogP contribution in [0.2, 0.25) is 0 Å². The summed E-state index contributed by atoms with van der Waals surface area (Å²) in [7, 11) is 0. The monoisotopic (exact) mass is 339 g/mol. The molecule has 0 saturated heterocycles. The number of ether oxygens (including phenoxy) is 1. The molecule has 1 fully saturated rings. The summed E-state index contributed by atoms with van der Waals surface area (Å²) in [5, 5.41) is 3.12. The molecule has 0 heterocycles. The minimum atomic E-state index is -0.459. The lowest BCUT2D eigenvalue weighted by Crippen LogP contribution is -2.42. The van der Waals surface area contributed by atoms with Crippen LogP contribution in [0.5, 0.6) is 5.75 Å². The van der Waals surface area contributed by atoms with E-state index >= 15 is 0 Å². The van der Waals surface area contributed by atoms with E-state index in [4.69, 9.17) is 4.74 Å². The van der Waals surface area contributed by atoms with Gasteiger partial charge in [-0.05, 0) is 44.0 Å². The van der Waals surface area contributed by atoms with Crippen LogP contribution in [0.1, 0.15) is 45.4 Å². The van der Waals surface area contributed by atoms with E-state index < -0.39 is 6.10 Å². The molecule has 0 spiro atoms. The fraction of sp³-hybridized carbons (Fsp3) is 0.562. The SMILES string of the molecule is C[C@@H](Oc1ccc(Br)cc1)C(=O)NC1CCCCCC1. The first-order valence-electron chi connectivity index (χ1n) is 7.38. The molecule has 20 heavy (non-hydrogen) atoms. The average molecular weight is 340 g/mol. The lowest BCUT2D eigenvalue weighted by molar-refractivity contribution is -0.128. The van der Waals surface area contributed by atoms with Gasteiger partial charge in [0.25, 0.3) is 5.91 Å². The van der Waals surface area contributed by atoms with Gasteiger partial charge in [0.15, 0.2) is 6.10 Å². The smallest absolute Gasteiger partial charge is 0.260 e. The standard InChI is InChI=1S/C16H22BrNO2/c1-12(20-15-10-8-13(17)9-11-15)16(19)18-14-6-4-2-3-5-7-14/h8-12,14H,2-7H2,1H3,(H,18,19)/t12-/m1/s1. The minimum absolute atomic E-state index is 0.0141. The number of benzene rings is 1. The molecule has 110 valence electrons. The summed E-state index contributed by atoms with van der Waals surface area (Å²) >= 11 is 3.38. The van der Waals surface area contributed by atoms with Crippen molar-refractivity contribution in [3.05, 3.63) is 28.7 Å². The molecule has 1 aliphatic carbocycles. The van der Waals surface area contributed by atoms with Crippen molar-refractivity contribution in [1.29, 1.82) is 0 Å². The number of carbonyl (C=O) groups is 1. The van der Waals surface area contributed by atoms with Gasteiger partial charge < -0.3 is 10.1 Å². The maximum absolute atomic E-state index is 12.1. The number of carbonyl (C=O) groups excluding carboxylic acids is 1. The molecule has 1 aromatic carbocycles. The second-order valence-corrected chi connectivity index (χ2v) is 6.33. The third kappa shape index (κ3) is 4.82. The summed E-state index contributed by atoms with van der Waals surface area (Å²) in [5.41, 5.74) is 0. The second kappa shape index (κ2) is 7.67. The fourth-order valence-corrected chi connectivity index (χ4v) is 2.78. The Labute approximate surface area is 129 Å². The van der Waals surface area contributed by atoms with Crippen LogP contribution in [0.4, 0.5) is 0 Å². The topological polar surface area (TPSA) is 38.3 Å². The Morgan fingerprint density at radius 1 is 1.20 bits per heavy atom. The van der Waals surface area contributed by atoms with Gasteiger partial charge in [-0.15, -0.1) is 0 Å². The van der Waals surface area contributed by atoms with Crippen LogP contribution >= 0.6 is 15.9 Å². The zero-order valence-electron chi connectivity index (χ0n) is 11.9. The first-order chi connectivity index (χ1) is 9.65. The molecule has 4 heteroatoms. The predicted molar refractivity (Wildman–Crippen MR) is 83.9 cm³/mol. The van der Waals surface area contributed by atoms with E-state index in [1.165, 1.54) is 25.7 Å². The zero-order valence-corrected chi connectivity index (χ0v) is 13.5. The van der Waals surface area contributed by atoms with Crippen LogP contribution < -0.4 is 10.1 Å². The quantitative estimate of drug-likeness (QED) is 0.840. The summed E-state index contributed by atoms with van der Waals surface area (Å²) in [6, 6.07) is 7.86. The molecule has 1 amide bonds. The van der Waals surface area contributed by atoms with Gasteiger partial charge in [-0.3, -0.25) is 4.79 Å². The molecule has 3 nitrogen and oxygen atoms in total. The second-order valence-electron chi connectivity index (χ2n) is 5.41. The van der Waals surface area contributed by atoms with Gasteiger partial charge in [-0.1, -0.05) is 41.6 Å². The number of rotatable bonds is 4. The number of hydrogen-bond acceptors (Lipinski definition) is 2. The molecule has 0 aromatic heterocycles. The third-order valence-corrected chi connectivity index (χ3v) is 4.23. The highest BCUT2D eigenvalue weighted by molar-refractivity contribution is 9.10. The van der Waals surface area contributed by atoms with Gasteiger partial charge in [0, 0.05) is 10.5 Å². The van der Waals surface area contributed by atoms with Crippen LogP contribution in [0.3, 0.4) is 0 Å². The Balaban J connectivity index is 1.83. The normalized spacial score (nSPS) is 18.1. The molecule has 1 atom stereocenters. The molecule has 1 N–H and O–H groups in total. The van der Waals surface area contributed by atoms with Gasteiger partial charge in [0.1, 0.15) is 5.75 Å². The van der Waals surface area contributed by atoms with E-state index in [9.17, 15) is 4.79 Å². The molecule has 0 radical (unpaired) electrons. The van der Waals surface area contributed by atoms with Gasteiger partial charge in [-0.25, -0.2) is 0 Å². The van der Waals surface area contributed by atoms with Crippen molar-refractivity contribution in [2.24, 2.45) is 0 Å². The van der Waals surface area contributed by atoms with Crippen LogP contribution in [0.25, 0.3) is 0 Å². The van der Waals surface area contributed by atoms with Crippen molar-refractivity contribution in [2.45, 2.75) is 57.6 Å². The minimum Gasteiger partial charge on any atom is -0.481 e. The lowest BCUT2D eigenvalue weighted by atomic mass is 10.1. The summed E-state index contributed by atoms with van der Waals surface area (Å²) in [4.78, 5) is 12.1. The van der Waals surface area contributed by atoms with Crippen molar-refractivity contribution in [1.82, 2.24) is 5.32 Å². The molecule has 0 unspecified atom stereocenters. The van der Waals surface area contributed by atoms with Crippen molar-refractivity contribution < 1.29 is 9.53 Å². The van der Waals surface area contributed by atoms with Gasteiger partial charge in [0.05, 0.1) is 0 Å². The van der Waals surface area contributed by atoms with Crippen molar-refractivity contribution in [3.8, 4) is 5.75 Å². The number of amides is 1. The van der Waals surface area contributed by atoms with Gasteiger partial charge >= 0.3 is 0 Å². The van der Waals surface area contributed by atoms with E-state index in [1.54, 1.807) is 6.92 Å². The highest BCUT2D eigenvalue weighted by atomic mass is 79.9. The number of halogens is 1. The highest BCUT2D eigenvalue weighted by Gasteiger charge is 2.19. The Kier molecular flexibility index (Phi) is 5.89. The largest absolute Gasteiger partial charge is 0.481 e. The van der Waals surface area contributed by atoms with E-state index in [0.717, 1.165) is 23.1 Å². The third-order valence-electron chi connectivity index (χ3n) is 3.70. The first-order valence-corrected chi connectivity index (χ1v) is 8.17. The van der Waals surface area contributed by atoms with Crippen LogP contribution in [-0.4, -0.2) is 18.1 Å². The number of nitrogens with one attached hydrogen (secondary N) is 1. The van der Waals surface area contributed by atoms with Crippen LogP contribution in [0, 0.1) is 0 Å². The number of hydrogen-bond donors (Lipinski definition) is 1. The lowest BCUT2D eigenvalue weighted by Gasteiger charge is -2.20. The summed E-state index contributed by atoms with van der Waals surface area (Å²) in [6.07, 6.45) is 6.74. The highest BCUT2D eigenvalue weighted by Crippen LogP contribution is 2.19. The van der Waals surface area contributed by atoms with Gasteiger partial charge in [0.2, 0.25) is 0 Å². The molecule has 0 bridgehead atoms. The molecule has 0 aliphatic heterocycles. The Hall–Kier alpha value is -1.03. The van der Waals surface area contributed by atoms with E-state index in [1.807, 2.05) is 24.3 Å². The Morgan fingerprint density at radius 2 is 1.80 bits per heavy atom. The Morgan fingerprint density at radius 3 is 2.40 bits per heavy atom. The van der Waals surface area contributed by atoms with Crippen molar-refractivity contribution >= 4 is 21.8 Å². The molecular weight excluding hydrogens is 318 g/mol. The maximum Gasteiger partial charge on any atom is 0.260 e. The van der Waals surface area contributed by atoms with Gasteiger partial charge in [-0.2, -0.15) is 0 Å². The molecular formula is C16H22BrNO2. The van der Waals surface area contributed by atoms with E-state index in [0.29, 0.717) is 6.04 Å². The van der Waals surface area contributed by atoms with Crippen molar-refractivity contribution in [3.63, 3.8) is 0 Å². The average Bonchev–Trinajstić information content (AvgIpc) is 2.70. The molecule has 1 aliphatic rings. The summed E-state index contributed by atoms with van der Waals surface area (Å²) in [6.45, 7) is 1.80. The first kappa shape index (κ1) is 15.4. The zero-order chi connectivity index (χ0) is 14.4. The summed E-state index contributed by atoms with van der Waals surface area (Å²) in [5.74, 6) is 0.705. The Bertz CT molecular complexity index is 425. The van der Waals surface area contributed by atoms with Crippen LogP contribution in [0.15, 0.2) is 28.7 Å². The predicted octanol–water partition coefficient (Wildman–Crippen LogP) is 4.06. The van der Waals surface area contributed by atoms with Crippen molar-refractivity contribution in [2.75, 3.05) is 0 Å². The van der Waals surface area contributed by atoms with E-state index in [2.05, 4.69) is 21.2 Å².